The Kier molecular flexibility index (Phi) is 1.92. The lowest BCUT2D eigenvalue weighted by atomic mass is 9.84. The molecular weight excluding hydrogens is 146 g/mol. The molecule has 0 saturated heterocycles. The predicted molar refractivity (Wildman–Crippen MR) is 48.3 cm³/mol. The first kappa shape index (κ1) is 7.86. The molecule has 0 spiro atoms. The second-order valence-electron chi connectivity index (χ2n) is 4.30. The van der Waals surface area contributed by atoms with Crippen LogP contribution in [0.3, 0.4) is 0 Å². The van der Waals surface area contributed by atoms with Gasteiger partial charge in [-0.3, -0.25) is 0 Å². The van der Waals surface area contributed by atoms with Gasteiger partial charge in [-0.05, 0) is 43.9 Å². The molecular formula is C11H15N. The summed E-state index contributed by atoms with van der Waals surface area (Å²) in [7, 11) is 0. The van der Waals surface area contributed by atoms with Crippen molar-refractivity contribution >= 4 is 0 Å². The Morgan fingerprint density at radius 3 is 2.75 bits per heavy atom. The molecule has 2 fully saturated rings. The van der Waals surface area contributed by atoms with Crippen molar-refractivity contribution in [3.63, 3.8) is 0 Å². The van der Waals surface area contributed by atoms with E-state index in [9.17, 15) is 0 Å². The average molecular weight is 161 g/mol. The Balaban J connectivity index is 2.08. The largest absolute Gasteiger partial charge is 0.193 e. The van der Waals surface area contributed by atoms with Gasteiger partial charge in [-0.2, -0.15) is 5.26 Å². The molecule has 2 aliphatic rings. The van der Waals surface area contributed by atoms with E-state index in [-0.39, 0.29) is 0 Å². The summed E-state index contributed by atoms with van der Waals surface area (Å²) in [5.41, 5.74) is 1.32. The Morgan fingerprint density at radius 2 is 2.25 bits per heavy atom. The van der Waals surface area contributed by atoms with Gasteiger partial charge in [0.05, 0.1) is 6.07 Å². The molecule has 0 heterocycles. The van der Waals surface area contributed by atoms with Gasteiger partial charge in [0.2, 0.25) is 0 Å². The number of nitriles is 1. The SMILES string of the molecule is C/C(=C\C#N)C1CC2CCC1C2. The van der Waals surface area contributed by atoms with Crippen LogP contribution in [0.1, 0.15) is 32.6 Å². The Hall–Kier alpha value is -0.770. The van der Waals surface area contributed by atoms with Gasteiger partial charge in [0.15, 0.2) is 0 Å². The topological polar surface area (TPSA) is 23.8 Å². The van der Waals surface area contributed by atoms with E-state index in [1.807, 2.05) is 0 Å². The van der Waals surface area contributed by atoms with E-state index < -0.39 is 0 Å². The lowest BCUT2D eigenvalue weighted by molar-refractivity contribution is 0.378. The maximum atomic E-state index is 8.54. The van der Waals surface area contributed by atoms with E-state index in [1.165, 1.54) is 31.3 Å². The van der Waals surface area contributed by atoms with Crippen LogP contribution in [0.5, 0.6) is 0 Å². The van der Waals surface area contributed by atoms with E-state index in [2.05, 4.69) is 13.0 Å². The Bertz CT molecular complexity index is 246. The number of rotatable bonds is 1. The number of hydrogen-bond acceptors (Lipinski definition) is 1. The standard InChI is InChI=1S/C11H15N/c1-8(4-5-12)11-7-9-2-3-10(11)6-9/h4,9-11H,2-3,6-7H2,1H3/b8-4+. The van der Waals surface area contributed by atoms with Crippen LogP contribution in [0, 0.1) is 29.1 Å². The first-order chi connectivity index (χ1) is 5.81. The molecule has 2 bridgehead atoms. The van der Waals surface area contributed by atoms with Crippen LogP contribution in [0.4, 0.5) is 0 Å². The average Bonchev–Trinajstić information content (AvgIpc) is 2.64. The minimum Gasteiger partial charge on any atom is -0.193 e. The zero-order valence-corrected chi connectivity index (χ0v) is 7.59. The zero-order chi connectivity index (χ0) is 8.55. The third kappa shape index (κ3) is 1.16. The summed E-state index contributed by atoms with van der Waals surface area (Å²) >= 11 is 0. The highest BCUT2D eigenvalue weighted by molar-refractivity contribution is 5.17. The van der Waals surface area contributed by atoms with Gasteiger partial charge in [-0.1, -0.05) is 12.0 Å². The van der Waals surface area contributed by atoms with Crippen molar-refractivity contribution < 1.29 is 0 Å². The van der Waals surface area contributed by atoms with Gasteiger partial charge in [0.1, 0.15) is 0 Å². The molecule has 0 aliphatic heterocycles. The molecule has 0 amide bonds. The summed E-state index contributed by atoms with van der Waals surface area (Å²) < 4.78 is 0. The molecule has 2 aliphatic carbocycles. The summed E-state index contributed by atoms with van der Waals surface area (Å²) in [6, 6.07) is 2.14. The van der Waals surface area contributed by atoms with Crippen LogP contribution in [-0.4, -0.2) is 0 Å². The van der Waals surface area contributed by atoms with E-state index in [1.54, 1.807) is 6.08 Å². The van der Waals surface area contributed by atoms with E-state index in [4.69, 9.17) is 5.26 Å². The van der Waals surface area contributed by atoms with Crippen molar-refractivity contribution in [2.24, 2.45) is 17.8 Å². The molecule has 3 unspecified atom stereocenters. The number of allylic oxidation sites excluding steroid dienone is 2. The fourth-order valence-corrected chi connectivity index (χ4v) is 3.01. The highest BCUT2D eigenvalue weighted by Crippen LogP contribution is 2.50. The molecule has 2 saturated carbocycles. The van der Waals surface area contributed by atoms with Crippen molar-refractivity contribution in [2.45, 2.75) is 32.6 Å². The van der Waals surface area contributed by atoms with Crippen molar-refractivity contribution in [2.75, 3.05) is 0 Å². The third-order valence-corrected chi connectivity index (χ3v) is 3.62. The van der Waals surface area contributed by atoms with E-state index in [0.29, 0.717) is 0 Å². The van der Waals surface area contributed by atoms with Gasteiger partial charge >= 0.3 is 0 Å². The maximum absolute atomic E-state index is 8.54. The van der Waals surface area contributed by atoms with Crippen molar-refractivity contribution in [1.82, 2.24) is 0 Å². The van der Waals surface area contributed by atoms with Crippen LogP contribution in [-0.2, 0) is 0 Å². The highest BCUT2D eigenvalue weighted by Gasteiger charge is 2.39. The molecule has 12 heavy (non-hydrogen) atoms. The number of nitrogens with zero attached hydrogens (tertiary/aromatic N) is 1. The molecule has 0 aromatic rings. The minimum atomic E-state index is 0.753. The van der Waals surface area contributed by atoms with Crippen LogP contribution >= 0.6 is 0 Å². The minimum absolute atomic E-state index is 0.753. The quantitative estimate of drug-likeness (QED) is 0.542. The Labute approximate surface area is 74.1 Å². The maximum Gasteiger partial charge on any atom is 0.0911 e. The molecule has 1 heteroatoms. The fraction of sp³-hybridized carbons (Fsp3) is 0.727. The lowest BCUT2D eigenvalue weighted by Crippen LogP contribution is -2.11. The normalized spacial score (nSPS) is 40.0. The van der Waals surface area contributed by atoms with Crippen molar-refractivity contribution in [3.05, 3.63) is 11.6 Å². The predicted octanol–water partition coefficient (Wildman–Crippen LogP) is 2.89. The second kappa shape index (κ2) is 2.94. The number of hydrogen-bond donors (Lipinski definition) is 0. The number of fused-ring (bicyclic) bond motifs is 2. The molecule has 0 N–H and O–H groups in total. The molecule has 0 aromatic heterocycles. The second-order valence-corrected chi connectivity index (χ2v) is 4.30. The Morgan fingerprint density at radius 1 is 1.42 bits per heavy atom. The van der Waals surface area contributed by atoms with Crippen LogP contribution in [0.2, 0.25) is 0 Å². The van der Waals surface area contributed by atoms with Gasteiger partial charge in [-0.15, -0.1) is 0 Å². The van der Waals surface area contributed by atoms with Crippen LogP contribution < -0.4 is 0 Å². The molecule has 0 radical (unpaired) electrons. The monoisotopic (exact) mass is 161 g/mol. The summed E-state index contributed by atoms with van der Waals surface area (Å²) in [4.78, 5) is 0. The molecule has 3 atom stereocenters. The first-order valence-electron chi connectivity index (χ1n) is 4.87. The molecule has 2 rings (SSSR count). The third-order valence-electron chi connectivity index (χ3n) is 3.62. The summed E-state index contributed by atoms with van der Waals surface area (Å²) in [5, 5.41) is 8.54. The van der Waals surface area contributed by atoms with Crippen molar-refractivity contribution in [1.29, 1.82) is 5.26 Å². The van der Waals surface area contributed by atoms with Gasteiger partial charge in [0, 0.05) is 6.08 Å². The molecule has 1 nitrogen and oxygen atoms in total. The molecule has 64 valence electrons. The van der Waals surface area contributed by atoms with E-state index in [0.717, 1.165) is 17.8 Å². The van der Waals surface area contributed by atoms with Crippen LogP contribution in [0.25, 0.3) is 0 Å². The summed E-state index contributed by atoms with van der Waals surface area (Å²) in [6.07, 6.45) is 7.38. The van der Waals surface area contributed by atoms with Gasteiger partial charge in [0.25, 0.3) is 0 Å². The fourth-order valence-electron chi connectivity index (χ4n) is 3.01. The van der Waals surface area contributed by atoms with E-state index >= 15 is 0 Å². The molecule has 0 aromatic carbocycles. The van der Waals surface area contributed by atoms with Crippen LogP contribution in [0.15, 0.2) is 11.6 Å². The lowest BCUT2D eigenvalue weighted by Gasteiger charge is -2.21. The highest BCUT2D eigenvalue weighted by atomic mass is 14.4. The summed E-state index contributed by atoms with van der Waals surface area (Å²) in [5.74, 6) is 2.66. The van der Waals surface area contributed by atoms with Gasteiger partial charge < -0.3 is 0 Å². The van der Waals surface area contributed by atoms with Gasteiger partial charge in [-0.25, -0.2) is 0 Å². The first-order valence-corrected chi connectivity index (χ1v) is 4.87. The summed E-state index contributed by atoms with van der Waals surface area (Å²) in [6.45, 7) is 2.12. The van der Waals surface area contributed by atoms with Crippen molar-refractivity contribution in [3.8, 4) is 6.07 Å². The zero-order valence-electron chi connectivity index (χ0n) is 7.59. The smallest absolute Gasteiger partial charge is 0.0911 e.